The summed E-state index contributed by atoms with van der Waals surface area (Å²) in [6.45, 7) is 12.0. The van der Waals surface area contributed by atoms with E-state index in [1.807, 2.05) is 70.2 Å². The molecular weight excluding hydrogens is 337 g/mol. The van der Waals surface area contributed by atoms with Crippen LogP contribution in [-0.4, -0.2) is 4.98 Å². The molecule has 1 aromatic heterocycles. The van der Waals surface area contributed by atoms with Gasteiger partial charge in [-0.05, 0) is 12.1 Å². The Balaban J connectivity index is -0.000000169. The minimum Gasteiger partial charge on any atom is -0.358 e. The first-order chi connectivity index (χ1) is 8.38. The van der Waals surface area contributed by atoms with Crippen molar-refractivity contribution in [3.8, 4) is 11.3 Å². The van der Waals surface area contributed by atoms with Crippen molar-refractivity contribution >= 4 is 0 Å². The molecule has 0 atom stereocenters. The van der Waals surface area contributed by atoms with Gasteiger partial charge in [0.2, 0.25) is 0 Å². The maximum absolute atomic E-state index is 4.27. The molecule has 20 heavy (non-hydrogen) atoms. The molecule has 0 amide bonds. The van der Waals surface area contributed by atoms with Gasteiger partial charge in [0.05, 0.1) is 0 Å². The van der Waals surface area contributed by atoms with E-state index in [4.69, 9.17) is 0 Å². The molecule has 0 saturated carbocycles. The van der Waals surface area contributed by atoms with E-state index in [1.165, 1.54) is 0 Å². The fourth-order valence-corrected chi connectivity index (χ4v) is 1.29. The average Bonchev–Trinajstić information content (AvgIpc) is 2.45. The van der Waals surface area contributed by atoms with Gasteiger partial charge in [-0.2, -0.15) is 18.6 Å². The van der Waals surface area contributed by atoms with Gasteiger partial charge in [-0.3, -0.25) is 4.98 Å². The number of nitrogens with zero attached hydrogens (tertiary/aromatic N) is 1. The van der Waals surface area contributed by atoms with E-state index in [-0.39, 0.29) is 35.3 Å². The van der Waals surface area contributed by atoms with Crippen LogP contribution in [0.25, 0.3) is 11.3 Å². The smallest absolute Gasteiger partial charge is 0.0262 e. The first kappa shape index (κ1) is 27.3. The molecule has 0 radical (unpaired) electrons. The molecule has 0 N–H and O–H groups in total. The summed E-state index contributed by atoms with van der Waals surface area (Å²) in [5.41, 5.74) is 3.09. The van der Waals surface area contributed by atoms with E-state index < -0.39 is 0 Å². The van der Waals surface area contributed by atoms with Crippen LogP contribution >= 0.6 is 0 Å². The van der Waals surface area contributed by atoms with Gasteiger partial charge < -0.3 is 14.9 Å². The molecule has 0 unspecified atom stereocenters. The maximum Gasteiger partial charge on any atom is 0.0262 e. The number of hydrogen-bond donors (Lipinski definition) is 0. The SMILES string of the molecule is CC.CC.[CH2-]c1ccccc1-c1ccccn1.[CH3-].[CH3-].[Pd]. The molecule has 2 aromatic rings. The van der Waals surface area contributed by atoms with Crippen LogP contribution in [0.4, 0.5) is 0 Å². The third-order valence-electron chi connectivity index (χ3n) is 1.96. The Hall–Kier alpha value is -1.10. The third kappa shape index (κ3) is 8.91. The first-order valence-electron chi connectivity index (χ1n) is 6.20. The zero-order valence-corrected chi connectivity index (χ0v) is 15.1. The van der Waals surface area contributed by atoms with Crippen molar-refractivity contribution in [2.75, 3.05) is 0 Å². The molecule has 1 heterocycles. The summed E-state index contributed by atoms with van der Waals surface area (Å²) in [5.74, 6) is 0. The normalized spacial score (nSPS) is 7.00. The fourth-order valence-electron chi connectivity index (χ4n) is 1.29. The summed E-state index contributed by atoms with van der Waals surface area (Å²) in [6.07, 6.45) is 1.79. The predicted molar refractivity (Wildman–Crippen MR) is 89.7 cm³/mol. The van der Waals surface area contributed by atoms with Crippen LogP contribution in [0.5, 0.6) is 0 Å². The first-order valence-corrected chi connectivity index (χ1v) is 6.20. The van der Waals surface area contributed by atoms with E-state index >= 15 is 0 Å². The number of hydrogen-bond acceptors (Lipinski definition) is 1. The van der Waals surface area contributed by atoms with Gasteiger partial charge in [0.1, 0.15) is 0 Å². The van der Waals surface area contributed by atoms with Gasteiger partial charge in [0, 0.05) is 32.3 Å². The van der Waals surface area contributed by atoms with Crippen molar-refractivity contribution in [1.29, 1.82) is 0 Å². The minimum atomic E-state index is 0. The fraction of sp³-hybridized carbons (Fsp3) is 0.222. The van der Waals surface area contributed by atoms with Gasteiger partial charge in [-0.1, -0.05) is 39.8 Å². The Morgan fingerprint density at radius 2 is 1.30 bits per heavy atom. The van der Waals surface area contributed by atoms with Crippen molar-refractivity contribution in [1.82, 2.24) is 4.98 Å². The molecule has 2 heteroatoms. The maximum atomic E-state index is 4.27. The Bertz CT molecular complexity index is 399. The molecule has 0 fully saturated rings. The van der Waals surface area contributed by atoms with Gasteiger partial charge in [-0.15, -0.1) is 17.7 Å². The summed E-state index contributed by atoms with van der Waals surface area (Å²) in [5, 5.41) is 0. The van der Waals surface area contributed by atoms with Gasteiger partial charge in [0.15, 0.2) is 0 Å². The van der Waals surface area contributed by atoms with Crippen molar-refractivity contribution in [3.63, 3.8) is 0 Å². The second-order valence-electron chi connectivity index (χ2n) is 2.87. The van der Waals surface area contributed by atoms with Crippen molar-refractivity contribution in [2.45, 2.75) is 27.7 Å². The van der Waals surface area contributed by atoms with Crippen LogP contribution < -0.4 is 0 Å². The second kappa shape index (κ2) is 17.9. The van der Waals surface area contributed by atoms with E-state index in [2.05, 4.69) is 11.9 Å². The Kier molecular flexibility index (Phi) is 24.4. The molecular formula is C18H28NPd-3. The molecule has 1 aromatic carbocycles. The molecule has 0 aliphatic carbocycles. The predicted octanol–water partition coefficient (Wildman–Crippen LogP) is 5.88. The second-order valence-corrected chi connectivity index (χ2v) is 2.87. The van der Waals surface area contributed by atoms with Crippen LogP contribution in [0.15, 0.2) is 48.7 Å². The monoisotopic (exact) mass is 364 g/mol. The van der Waals surface area contributed by atoms with E-state index in [9.17, 15) is 0 Å². The molecule has 0 aliphatic rings. The van der Waals surface area contributed by atoms with Crippen LogP contribution in [-0.2, 0) is 20.4 Å². The van der Waals surface area contributed by atoms with Crippen LogP contribution in [0, 0.1) is 21.8 Å². The van der Waals surface area contributed by atoms with Crippen molar-refractivity contribution in [3.05, 3.63) is 76.0 Å². The topological polar surface area (TPSA) is 12.9 Å². The number of rotatable bonds is 1. The number of benzene rings is 1. The van der Waals surface area contributed by atoms with Crippen molar-refractivity contribution in [2.24, 2.45) is 0 Å². The van der Waals surface area contributed by atoms with Gasteiger partial charge in [0.25, 0.3) is 0 Å². The molecule has 1 nitrogen and oxygen atoms in total. The summed E-state index contributed by atoms with van der Waals surface area (Å²) in [7, 11) is 0. The van der Waals surface area contributed by atoms with Crippen LogP contribution in [0.2, 0.25) is 0 Å². The van der Waals surface area contributed by atoms with E-state index in [0.717, 1.165) is 16.8 Å². The Morgan fingerprint density at radius 3 is 1.75 bits per heavy atom. The molecule has 2 rings (SSSR count). The number of pyridine rings is 1. The van der Waals surface area contributed by atoms with Crippen LogP contribution in [0.3, 0.4) is 0 Å². The largest absolute Gasteiger partial charge is 0.358 e. The average molecular weight is 365 g/mol. The number of aromatic nitrogens is 1. The standard InChI is InChI=1S/C12H10N.2C2H6.2CH3.Pd/c1-10-6-2-3-7-11(10)12-8-4-5-9-13-12;2*1-2;;;/h2-9H,1H2;2*1-2H3;2*1H3;/q-1;;;2*-1;. The molecule has 0 saturated heterocycles. The van der Waals surface area contributed by atoms with Crippen LogP contribution in [0.1, 0.15) is 33.3 Å². The Morgan fingerprint density at radius 1 is 0.800 bits per heavy atom. The summed E-state index contributed by atoms with van der Waals surface area (Å²) in [4.78, 5) is 4.27. The summed E-state index contributed by atoms with van der Waals surface area (Å²) in [6, 6.07) is 13.9. The Labute approximate surface area is 140 Å². The molecule has 0 spiro atoms. The molecule has 0 bridgehead atoms. The van der Waals surface area contributed by atoms with Crippen molar-refractivity contribution < 1.29 is 20.4 Å². The summed E-state index contributed by atoms with van der Waals surface area (Å²) >= 11 is 0. The van der Waals surface area contributed by atoms with E-state index in [1.54, 1.807) is 6.20 Å². The van der Waals surface area contributed by atoms with E-state index in [0.29, 0.717) is 0 Å². The molecule has 118 valence electrons. The minimum absolute atomic E-state index is 0. The van der Waals surface area contributed by atoms with Gasteiger partial charge in [-0.25, -0.2) is 0 Å². The molecule has 0 aliphatic heterocycles. The zero-order chi connectivity index (χ0) is 13.1. The van der Waals surface area contributed by atoms with Gasteiger partial charge >= 0.3 is 0 Å². The summed E-state index contributed by atoms with van der Waals surface area (Å²) < 4.78 is 0. The zero-order valence-electron chi connectivity index (χ0n) is 13.6. The quantitative estimate of drug-likeness (QED) is 0.454. The third-order valence-corrected chi connectivity index (χ3v) is 1.96.